The Kier molecular flexibility index (Phi) is 8.93. The van der Waals surface area contributed by atoms with Gasteiger partial charge >= 0.3 is 0 Å². The summed E-state index contributed by atoms with van der Waals surface area (Å²) in [4.78, 5) is 29.8. The fourth-order valence-electron chi connectivity index (χ4n) is 4.05. The lowest BCUT2D eigenvalue weighted by molar-refractivity contribution is -0.139. The lowest BCUT2D eigenvalue weighted by Crippen LogP contribution is -2.32. The molecule has 3 rings (SSSR count). The Balaban J connectivity index is 1.99. The summed E-state index contributed by atoms with van der Waals surface area (Å²) < 4.78 is 11.3. The molecule has 35 heavy (non-hydrogen) atoms. The summed E-state index contributed by atoms with van der Waals surface area (Å²) in [6, 6.07) is 13.6. The van der Waals surface area contributed by atoms with Gasteiger partial charge in [-0.2, -0.15) is 0 Å². The fourth-order valence-corrected chi connectivity index (χ4v) is 4.05. The third-order valence-corrected chi connectivity index (χ3v) is 5.76. The van der Waals surface area contributed by atoms with Crippen molar-refractivity contribution in [1.29, 1.82) is 0 Å². The van der Waals surface area contributed by atoms with Crippen molar-refractivity contribution in [1.82, 2.24) is 9.80 Å². The molecule has 1 aliphatic heterocycles. The number of ketones is 1. The van der Waals surface area contributed by atoms with Gasteiger partial charge in [0.1, 0.15) is 17.3 Å². The van der Waals surface area contributed by atoms with Crippen LogP contribution in [0.3, 0.4) is 0 Å². The molecule has 0 aromatic heterocycles. The van der Waals surface area contributed by atoms with E-state index in [0.29, 0.717) is 49.2 Å². The number of benzene rings is 2. The van der Waals surface area contributed by atoms with Gasteiger partial charge in [0.05, 0.1) is 24.8 Å². The van der Waals surface area contributed by atoms with Crippen molar-refractivity contribution < 1.29 is 24.2 Å². The summed E-state index contributed by atoms with van der Waals surface area (Å²) in [6.45, 7) is 8.35. The molecule has 0 aliphatic carbocycles. The van der Waals surface area contributed by atoms with Crippen LogP contribution in [0.25, 0.3) is 5.76 Å². The van der Waals surface area contributed by atoms with Crippen molar-refractivity contribution in [3.63, 3.8) is 0 Å². The average molecular weight is 481 g/mol. The van der Waals surface area contributed by atoms with Gasteiger partial charge in [-0.15, -0.1) is 0 Å². The molecule has 2 aromatic carbocycles. The second-order valence-electron chi connectivity index (χ2n) is 9.38. The summed E-state index contributed by atoms with van der Waals surface area (Å²) in [5.74, 6) is 0.320. The van der Waals surface area contributed by atoms with Gasteiger partial charge in [0.15, 0.2) is 0 Å². The Labute approximate surface area is 207 Å². The van der Waals surface area contributed by atoms with E-state index in [2.05, 4.69) is 13.8 Å². The lowest BCUT2D eigenvalue weighted by Gasteiger charge is -2.26. The molecule has 1 fully saturated rings. The molecule has 1 N–H and O–H groups in total. The number of rotatable bonds is 11. The number of aliphatic hydroxyl groups is 1. The van der Waals surface area contributed by atoms with Crippen molar-refractivity contribution in [2.75, 3.05) is 40.4 Å². The monoisotopic (exact) mass is 480 g/mol. The van der Waals surface area contributed by atoms with Gasteiger partial charge in [-0.25, -0.2) is 0 Å². The Bertz CT molecular complexity index is 1040. The van der Waals surface area contributed by atoms with Gasteiger partial charge in [-0.1, -0.05) is 26.0 Å². The van der Waals surface area contributed by atoms with E-state index in [1.54, 1.807) is 29.2 Å². The first kappa shape index (κ1) is 26.3. The maximum absolute atomic E-state index is 13.2. The van der Waals surface area contributed by atoms with E-state index < -0.39 is 17.7 Å². The molecule has 7 heteroatoms. The Morgan fingerprint density at radius 1 is 1.00 bits per heavy atom. The first-order valence-electron chi connectivity index (χ1n) is 12.1. The molecule has 0 radical (unpaired) electrons. The smallest absolute Gasteiger partial charge is 0.295 e. The number of ether oxygens (including phenoxy) is 2. The van der Waals surface area contributed by atoms with E-state index in [-0.39, 0.29) is 11.3 Å². The normalized spacial score (nSPS) is 17.5. The molecule has 0 spiro atoms. The average Bonchev–Trinajstić information content (AvgIpc) is 3.08. The zero-order valence-corrected chi connectivity index (χ0v) is 21.3. The number of nitrogens with zero attached hydrogens (tertiary/aromatic N) is 2. The van der Waals surface area contributed by atoms with Crippen LogP contribution in [0, 0.1) is 5.92 Å². The van der Waals surface area contributed by atoms with E-state index in [4.69, 9.17) is 9.47 Å². The van der Waals surface area contributed by atoms with Gasteiger partial charge in [0, 0.05) is 12.1 Å². The number of hydrogen-bond acceptors (Lipinski definition) is 6. The highest BCUT2D eigenvalue weighted by atomic mass is 16.5. The highest BCUT2D eigenvalue weighted by Crippen LogP contribution is 2.40. The van der Waals surface area contributed by atoms with Gasteiger partial charge < -0.3 is 24.4 Å². The molecule has 0 saturated carbocycles. The predicted octanol–water partition coefficient (Wildman–Crippen LogP) is 4.49. The Hall–Kier alpha value is -3.32. The van der Waals surface area contributed by atoms with Crippen LogP contribution < -0.4 is 9.47 Å². The zero-order valence-electron chi connectivity index (χ0n) is 21.3. The van der Waals surface area contributed by atoms with E-state index in [1.807, 2.05) is 50.2 Å². The lowest BCUT2D eigenvalue weighted by atomic mass is 9.95. The van der Waals surface area contributed by atoms with Crippen molar-refractivity contribution in [3.05, 3.63) is 65.2 Å². The molecule has 1 amide bonds. The molecular formula is C28H36N2O5. The number of Topliss-reactive ketones (excluding diaryl/α,β-unsaturated/α-hetero) is 1. The van der Waals surface area contributed by atoms with Crippen LogP contribution in [0.2, 0.25) is 0 Å². The Morgan fingerprint density at radius 3 is 2.17 bits per heavy atom. The van der Waals surface area contributed by atoms with Gasteiger partial charge in [-0.05, 0) is 81.9 Å². The van der Waals surface area contributed by atoms with Crippen LogP contribution in [-0.4, -0.2) is 67.0 Å². The first-order chi connectivity index (χ1) is 16.7. The highest BCUT2D eigenvalue weighted by molar-refractivity contribution is 6.46. The Morgan fingerprint density at radius 2 is 1.60 bits per heavy atom. The largest absolute Gasteiger partial charge is 0.507 e. The van der Waals surface area contributed by atoms with E-state index in [0.717, 1.165) is 12.1 Å². The molecule has 0 bridgehead atoms. The second kappa shape index (κ2) is 11.9. The summed E-state index contributed by atoms with van der Waals surface area (Å²) in [5.41, 5.74) is 1.31. The zero-order chi connectivity index (χ0) is 25.5. The van der Waals surface area contributed by atoms with Crippen molar-refractivity contribution in [2.45, 2.75) is 33.2 Å². The van der Waals surface area contributed by atoms with E-state index in [1.165, 1.54) is 0 Å². The quantitative estimate of drug-likeness (QED) is 0.290. The summed E-state index contributed by atoms with van der Waals surface area (Å²) in [6.07, 6.45) is 0.704. The molecule has 1 aliphatic rings. The van der Waals surface area contributed by atoms with Crippen molar-refractivity contribution in [3.8, 4) is 11.5 Å². The molecule has 1 atom stereocenters. The summed E-state index contributed by atoms with van der Waals surface area (Å²) in [5, 5.41) is 11.2. The minimum atomic E-state index is -0.676. The fraction of sp³-hybridized carbons (Fsp3) is 0.429. The maximum atomic E-state index is 13.2. The van der Waals surface area contributed by atoms with Crippen molar-refractivity contribution >= 4 is 17.4 Å². The van der Waals surface area contributed by atoms with Gasteiger partial charge in [-0.3, -0.25) is 9.59 Å². The number of amides is 1. The molecule has 1 heterocycles. The second-order valence-corrected chi connectivity index (χ2v) is 9.38. The number of likely N-dealkylation sites (tertiary alicyclic amines) is 1. The highest BCUT2D eigenvalue weighted by Gasteiger charge is 2.45. The minimum absolute atomic E-state index is 0.0971. The van der Waals surface area contributed by atoms with E-state index in [9.17, 15) is 14.7 Å². The van der Waals surface area contributed by atoms with E-state index >= 15 is 0 Å². The van der Waals surface area contributed by atoms with Gasteiger partial charge in [0.25, 0.3) is 11.7 Å². The first-order valence-corrected chi connectivity index (χ1v) is 12.1. The van der Waals surface area contributed by atoms with Crippen LogP contribution in [0.1, 0.15) is 44.4 Å². The van der Waals surface area contributed by atoms with Crippen LogP contribution in [0.15, 0.2) is 54.1 Å². The van der Waals surface area contributed by atoms with Crippen LogP contribution in [-0.2, 0) is 9.59 Å². The SMILES string of the molecule is CCOc1ccc([C@H]2/C(=C(\O)c3ccc(OCC(C)C)cc3)C(=O)C(=O)N2CCCN(C)C)cc1. The van der Waals surface area contributed by atoms with Gasteiger partial charge in [0.2, 0.25) is 0 Å². The maximum Gasteiger partial charge on any atom is 0.295 e. The topological polar surface area (TPSA) is 79.3 Å². The van der Waals surface area contributed by atoms with Crippen molar-refractivity contribution in [2.24, 2.45) is 5.92 Å². The molecule has 0 unspecified atom stereocenters. The molecule has 7 nitrogen and oxygen atoms in total. The number of carbonyl (C=O) groups excluding carboxylic acids is 2. The standard InChI is InChI=1S/C28H36N2O5/c1-6-34-22-12-8-20(9-13-22)25-24(27(32)28(33)30(25)17-7-16-29(4)5)26(31)21-10-14-23(15-11-21)35-18-19(2)3/h8-15,19,25,31H,6-7,16-18H2,1-5H3/b26-24+/t25-/m0/s1. The summed E-state index contributed by atoms with van der Waals surface area (Å²) in [7, 11) is 3.93. The number of hydrogen-bond donors (Lipinski definition) is 1. The number of aliphatic hydroxyl groups excluding tert-OH is 1. The number of carbonyl (C=O) groups is 2. The molecular weight excluding hydrogens is 444 g/mol. The predicted molar refractivity (Wildman–Crippen MR) is 137 cm³/mol. The molecule has 2 aromatic rings. The van der Waals surface area contributed by atoms with Crippen LogP contribution >= 0.6 is 0 Å². The van der Waals surface area contributed by atoms with Crippen LogP contribution in [0.4, 0.5) is 0 Å². The third-order valence-electron chi connectivity index (χ3n) is 5.76. The minimum Gasteiger partial charge on any atom is -0.507 e. The third kappa shape index (κ3) is 6.42. The molecule has 1 saturated heterocycles. The molecule has 188 valence electrons. The van der Waals surface area contributed by atoms with Crippen LogP contribution in [0.5, 0.6) is 11.5 Å². The summed E-state index contributed by atoms with van der Waals surface area (Å²) >= 11 is 0.